The number of aromatic hydroxyl groups is 1. The highest BCUT2D eigenvalue weighted by atomic mass is 16.6. The lowest BCUT2D eigenvalue weighted by Crippen LogP contribution is -2.48. The molecular formula is C27H35NO4. The monoisotopic (exact) mass is 437 g/mol. The Hall–Kier alpha value is -2.95. The molecule has 0 aromatic heterocycles. The lowest BCUT2D eigenvalue weighted by Gasteiger charge is -2.42. The van der Waals surface area contributed by atoms with Crippen LogP contribution in [0.2, 0.25) is 0 Å². The second kappa shape index (κ2) is 10.1. The van der Waals surface area contributed by atoms with E-state index in [0.29, 0.717) is 25.3 Å². The van der Waals surface area contributed by atoms with Crippen LogP contribution in [-0.2, 0) is 16.0 Å². The van der Waals surface area contributed by atoms with Crippen LogP contribution in [0.15, 0.2) is 66.1 Å². The van der Waals surface area contributed by atoms with Crippen molar-refractivity contribution >= 4 is 11.7 Å². The highest BCUT2D eigenvalue weighted by Gasteiger charge is 2.45. The van der Waals surface area contributed by atoms with Gasteiger partial charge >= 0.3 is 5.97 Å². The van der Waals surface area contributed by atoms with Crippen LogP contribution in [0, 0.1) is 11.8 Å². The maximum absolute atomic E-state index is 13.3. The molecule has 172 valence electrons. The first-order valence-corrected chi connectivity index (χ1v) is 11.5. The van der Waals surface area contributed by atoms with Crippen molar-refractivity contribution in [3.8, 4) is 5.75 Å². The summed E-state index contributed by atoms with van der Waals surface area (Å²) in [5.74, 6) is 0.342. The zero-order valence-corrected chi connectivity index (χ0v) is 19.5. The van der Waals surface area contributed by atoms with Crippen molar-refractivity contribution < 1.29 is 19.7 Å². The van der Waals surface area contributed by atoms with Crippen molar-refractivity contribution in [1.29, 1.82) is 0 Å². The summed E-state index contributed by atoms with van der Waals surface area (Å²) in [6.45, 7) is 8.96. The minimum absolute atomic E-state index is 0.0353. The van der Waals surface area contributed by atoms with Gasteiger partial charge < -0.3 is 19.8 Å². The number of aryl methyl sites for hydroxylation is 1. The van der Waals surface area contributed by atoms with E-state index in [1.165, 1.54) is 0 Å². The molecule has 1 atom stereocenters. The number of carbonyl (C=O) groups is 1. The van der Waals surface area contributed by atoms with Crippen molar-refractivity contribution in [2.75, 3.05) is 11.4 Å². The van der Waals surface area contributed by atoms with E-state index >= 15 is 0 Å². The summed E-state index contributed by atoms with van der Waals surface area (Å²) in [4.78, 5) is 15.2. The largest absolute Gasteiger partial charge is 0.510 e. The Kier molecular flexibility index (Phi) is 7.49. The fourth-order valence-electron chi connectivity index (χ4n) is 4.15. The second-order valence-corrected chi connectivity index (χ2v) is 9.42. The molecule has 0 aliphatic carbocycles. The number of phenolic OH excluding ortho intramolecular Hbond substituents is 1. The molecule has 1 aliphatic heterocycles. The molecule has 0 radical (unpaired) electrons. The molecule has 0 bridgehead atoms. The van der Waals surface area contributed by atoms with E-state index in [2.05, 4.69) is 13.8 Å². The summed E-state index contributed by atoms with van der Waals surface area (Å²) in [5, 5.41) is 20.7. The molecule has 0 fully saturated rings. The lowest BCUT2D eigenvalue weighted by atomic mass is 9.79. The third kappa shape index (κ3) is 5.45. The molecule has 0 spiro atoms. The van der Waals surface area contributed by atoms with E-state index in [4.69, 9.17) is 4.74 Å². The number of rotatable bonds is 9. The average Bonchev–Trinajstić information content (AvgIpc) is 2.75. The fourth-order valence-corrected chi connectivity index (χ4v) is 4.15. The van der Waals surface area contributed by atoms with Crippen molar-refractivity contribution in [3.63, 3.8) is 0 Å². The van der Waals surface area contributed by atoms with E-state index < -0.39 is 11.6 Å². The van der Waals surface area contributed by atoms with Gasteiger partial charge in [-0.25, -0.2) is 4.79 Å². The van der Waals surface area contributed by atoms with Gasteiger partial charge in [0.2, 0.25) is 0 Å². The van der Waals surface area contributed by atoms with Gasteiger partial charge in [-0.2, -0.15) is 0 Å². The highest BCUT2D eigenvalue weighted by Crippen LogP contribution is 2.40. The van der Waals surface area contributed by atoms with Gasteiger partial charge in [0.15, 0.2) is 5.70 Å². The van der Waals surface area contributed by atoms with Crippen molar-refractivity contribution in [2.45, 2.75) is 59.0 Å². The summed E-state index contributed by atoms with van der Waals surface area (Å²) >= 11 is 0. The molecule has 3 rings (SSSR count). The highest BCUT2D eigenvalue weighted by molar-refractivity contribution is 5.94. The number of nitrogens with zero attached hydrogens (tertiary/aromatic N) is 1. The number of hydrogen-bond acceptors (Lipinski definition) is 5. The van der Waals surface area contributed by atoms with Crippen LogP contribution in [0.25, 0.3) is 0 Å². The van der Waals surface area contributed by atoms with Crippen molar-refractivity contribution in [2.24, 2.45) is 11.8 Å². The second-order valence-electron chi connectivity index (χ2n) is 9.42. The molecule has 0 amide bonds. The Morgan fingerprint density at radius 3 is 2.22 bits per heavy atom. The first kappa shape index (κ1) is 23.7. The Labute approximate surface area is 191 Å². The van der Waals surface area contributed by atoms with E-state index in [1.54, 1.807) is 12.1 Å². The van der Waals surface area contributed by atoms with Gasteiger partial charge in [0.25, 0.3) is 0 Å². The zero-order chi connectivity index (χ0) is 23.3. The fraction of sp³-hybridized carbons (Fsp3) is 0.444. The standard InChI is InChI=1S/C27H35NO4/c1-19(2)15-17-28(22-8-6-5-7-9-22)25-24(30)18-27(20(3)4,32-26(25)31)16-14-21-10-12-23(29)13-11-21/h5-13,19-20,29-30H,14-18H2,1-4H3. The molecule has 0 saturated heterocycles. The third-order valence-corrected chi connectivity index (χ3v) is 6.32. The molecule has 0 saturated carbocycles. The number of ether oxygens (including phenoxy) is 1. The molecule has 5 nitrogen and oxygen atoms in total. The molecule has 1 aliphatic rings. The minimum Gasteiger partial charge on any atom is -0.510 e. The number of para-hydroxylation sites is 1. The van der Waals surface area contributed by atoms with Crippen molar-refractivity contribution in [1.82, 2.24) is 0 Å². The first-order valence-electron chi connectivity index (χ1n) is 11.5. The Bertz CT molecular complexity index is 934. The number of anilines is 1. The number of phenols is 1. The number of benzene rings is 2. The van der Waals surface area contributed by atoms with Crippen molar-refractivity contribution in [3.05, 3.63) is 71.6 Å². The molecule has 2 aromatic carbocycles. The molecule has 1 heterocycles. The average molecular weight is 438 g/mol. The maximum atomic E-state index is 13.3. The smallest absolute Gasteiger partial charge is 0.359 e. The summed E-state index contributed by atoms with van der Waals surface area (Å²) in [5.41, 5.74) is 1.39. The van der Waals surface area contributed by atoms with Gasteiger partial charge in [-0.3, -0.25) is 0 Å². The van der Waals surface area contributed by atoms with Crippen LogP contribution >= 0.6 is 0 Å². The SMILES string of the molecule is CC(C)CCN(C1=C(O)CC(CCc2ccc(O)cc2)(C(C)C)OC1=O)c1ccccc1. The number of aliphatic hydroxyl groups is 1. The van der Waals surface area contributed by atoms with Gasteiger partial charge in [0.05, 0.1) is 0 Å². The molecule has 1 unspecified atom stereocenters. The van der Waals surface area contributed by atoms with Crippen LogP contribution in [0.5, 0.6) is 5.75 Å². The van der Waals surface area contributed by atoms with Gasteiger partial charge in [0, 0.05) is 18.7 Å². The normalized spacial score (nSPS) is 18.9. The van der Waals surface area contributed by atoms with E-state index in [1.807, 2.05) is 61.2 Å². The predicted molar refractivity (Wildman–Crippen MR) is 128 cm³/mol. The predicted octanol–water partition coefficient (Wildman–Crippen LogP) is 5.99. The first-order chi connectivity index (χ1) is 15.2. The molecular weight excluding hydrogens is 402 g/mol. The van der Waals surface area contributed by atoms with Crippen LogP contribution in [0.1, 0.15) is 52.5 Å². The van der Waals surface area contributed by atoms with Crippen LogP contribution in [0.3, 0.4) is 0 Å². The van der Waals surface area contributed by atoms with Gasteiger partial charge in [-0.1, -0.05) is 58.0 Å². The van der Waals surface area contributed by atoms with Crippen LogP contribution < -0.4 is 4.90 Å². The minimum atomic E-state index is -0.775. The summed E-state index contributed by atoms with van der Waals surface area (Å²) in [7, 11) is 0. The molecule has 2 aromatic rings. The topological polar surface area (TPSA) is 70.0 Å². The maximum Gasteiger partial charge on any atom is 0.359 e. The summed E-state index contributed by atoms with van der Waals surface area (Å²) in [6, 6.07) is 16.8. The van der Waals surface area contributed by atoms with E-state index in [0.717, 1.165) is 17.7 Å². The Balaban J connectivity index is 1.89. The third-order valence-electron chi connectivity index (χ3n) is 6.32. The van der Waals surface area contributed by atoms with Gasteiger partial charge in [0.1, 0.15) is 17.1 Å². The van der Waals surface area contributed by atoms with Gasteiger partial charge in [-0.15, -0.1) is 0 Å². The molecule has 32 heavy (non-hydrogen) atoms. The quantitative estimate of drug-likeness (QED) is 0.472. The summed E-state index contributed by atoms with van der Waals surface area (Å²) < 4.78 is 6.13. The number of esters is 1. The zero-order valence-electron chi connectivity index (χ0n) is 19.5. The Morgan fingerprint density at radius 1 is 1.00 bits per heavy atom. The number of hydrogen-bond donors (Lipinski definition) is 2. The molecule has 2 N–H and O–H groups in total. The number of cyclic esters (lactones) is 1. The lowest BCUT2D eigenvalue weighted by molar-refractivity contribution is -0.166. The van der Waals surface area contributed by atoms with Crippen LogP contribution in [-0.4, -0.2) is 28.3 Å². The van der Waals surface area contributed by atoms with Crippen LogP contribution in [0.4, 0.5) is 5.69 Å². The Morgan fingerprint density at radius 2 is 1.66 bits per heavy atom. The van der Waals surface area contributed by atoms with E-state index in [9.17, 15) is 15.0 Å². The number of aliphatic hydroxyl groups excluding tert-OH is 1. The molecule has 5 heteroatoms. The number of carbonyl (C=O) groups excluding carboxylic acids is 1. The van der Waals surface area contributed by atoms with Gasteiger partial charge in [-0.05, 0) is 60.9 Å². The van der Waals surface area contributed by atoms with E-state index in [-0.39, 0.29) is 29.5 Å². The summed E-state index contributed by atoms with van der Waals surface area (Å²) in [6.07, 6.45) is 2.45.